The second kappa shape index (κ2) is 8.38. The van der Waals surface area contributed by atoms with Crippen molar-refractivity contribution in [3.05, 3.63) is 0 Å². The molecule has 0 aliphatic heterocycles. The fourth-order valence-electron chi connectivity index (χ4n) is 3.70. The van der Waals surface area contributed by atoms with Crippen molar-refractivity contribution in [3.63, 3.8) is 0 Å². The Kier molecular flexibility index (Phi) is 6.83. The van der Waals surface area contributed by atoms with Crippen molar-refractivity contribution < 1.29 is 4.74 Å². The lowest BCUT2D eigenvalue weighted by atomic mass is 9.77. The fourth-order valence-corrected chi connectivity index (χ4v) is 3.70. The average molecular weight is 281 g/mol. The van der Waals surface area contributed by atoms with Crippen LogP contribution in [0.1, 0.15) is 78.1 Å². The Morgan fingerprint density at radius 3 is 2.35 bits per heavy atom. The third kappa shape index (κ3) is 4.73. The van der Waals surface area contributed by atoms with E-state index in [0.717, 1.165) is 31.5 Å². The first-order chi connectivity index (χ1) is 9.78. The quantitative estimate of drug-likeness (QED) is 0.627. The van der Waals surface area contributed by atoms with Gasteiger partial charge in [-0.15, -0.1) is 0 Å². The molecule has 2 fully saturated rings. The summed E-state index contributed by atoms with van der Waals surface area (Å²) in [5, 5.41) is 3.62. The summed E-state index contributed by atoms with van der Waals surface area (Å²) in [4.78, 5) is 0. The predicted octanol–water partition coefficient (Wildman–Crippen LogP) is 4.53. The second-order valence-electron chi connectivity index (χ2n) is 7.15. The van der Waals surface area contributed by atoms with Crippen LogP contribution >= 0.6 is 0 Å². The molecular formula is C18H35NO. The van der Waals surface area contributed by atoms with Gasteiger partial charge in [0, 0.05) is 13.2 Å². The van der Waals surface area contributed by atoms with E-state index in [0.29, 0.717) is 0 Å². The molecule has 2 aliphatic rings. The van der Waals surface area contributed by atoms with Crippen LogP contribution in [0.5, 0.6) is 0 Å². The molecule has 0 amide bonds. The Hall–Kier alpha value is -0.0800. The minimum absolute atomic E-state index is 0.157. The van der Waals surface area contributed by atoms with Crippen LogP contribution in [-0.4, -0.2) is 25.3 Å². The molecule has 0 aromatic rings. The maximum Gasteiger partial charge on any atom is 0.0806 e. The zero-order valence-corrected chi connectivity index (χ0v) is 13.8. The topological polar surface area (TPSA) is 21.3 Å². The van der Waals surface area contributed by atoms with Crippen molar-refractivity contribution in [1.29, 1.82) is 0 Å². The molecule has 0 spiro atoms. The lowest BCUT2D eigenvalue weighted by molar-refractivity contribution is -0.0821. The minimum Gasteiger partial charge on any atom is -0.374 e. The molecule has 2 aliphatic carbocycles. The van der Waals surface area contributed by atoms with E-state index in [2.05, 4.69) is 19.2 Å². The third-order valence-electron chi connectivity index (χ3n) is 5.63. The Bertz CT molecular complexity index is 249. The highest BCUT2D eigenvalue weighted by molar-refractivity contribution is 4.89. The third-order valence-corrected chi connectivity index (χ3v) is 5.63. The molecule has 0 saturated heterocycles. The summed E-state index contributed by atoms with van der Waals surface area (Å²) < 4.78 is 6.45. The predicted molar refractivity (Wildman–Crippen MR) is 86.1 cm³/mol. The van der Waals surface area contributed by atoms with Crippen molar-refractivity contribution in [2.45, 2.75) is 83.7 Å². The molecule has 0 aromatic carbocycles. The van der Waals surface area contributed by atoms with Gasteiger partial charge in [-0.3, -0.25) is 0 Å². The molecular weight excluding hydrogens is 246 g/mol. The molecule has 20 heavy (non-hydrogen) atoms. The van der Waals surface area contributed by atoms with E-state index in [4.69, 9.17) is 4.74 Å². The van der Waals surface area contributed by atoms with Gasteiger partial charge in [0.25, 0.3) is 0 Å². The lowest BCUT2D eigenvalue weighted by Crippen LogP contribution is -2.46. The number of rotatable bonds is 9. The van der Waals surface area contributed by atoms with Crippen molar-refractivity contribution in [2.75, 3.05) is 19.7 Å². The van der Waals surface area contributed by atoms with Gasteiger partial charge in [-0.05, 0) is 56.9 Å². The average Bonchev–Trinajstić information content (AvgIpc) is 2.43. The molecule has 0 radical (unpaired) electrons. The molecule has 1 N–H and O–H groups in total. The van der Waals surface area contributed by atoms with E-state index in [1.54, 1.807) is 0 Å². The molecule has 0 aromatic heterocycles. The number of hydrogen-bond donors (Lipinski definition) is 1. The Morgan fingerprint density at radius 1 is 1.05 bits per heavy atom. The summed E-state index contributed by atoms with van der Waals surface area (Å²) >= 11 is 0. The number of hydrogen-bond acceptors (Lipinski definition) is 2. The first-order valence-electron chi connectivity index (χ1n) is 9.12. The molecule has 2 nitrogen and oxygen atoms in total. The highest BCUT2D eigenvalue weighted by Crippen LogP contribution is 2.37. The van der Waals surface area contributed by atoms with E-state index in [9.17, 15) is 0 Å². The van der Waals surface area contributed by atoms with E-state index in [1.807, 2.05) is 0 Å². The van der Waals surface area contributed by atoms with E-state index < -0.39 is 0 Å². The highest BCUT2D eigenvalue weighted by atomic mass is 16.5. The lowest BCUT2D eigenvalue weighted by Gasteiger charge is -2.41. The van der Waals surface area contributed by atoms with Crippen LogP contribution in [0.2, 0.25) is 0 Å². The van der Waals surface area contributed by atoms with Crippen LogP contribution in [-0.2, 0) is 4.74 Å². The molecule has 2 rings (SSSR count). The SMILES string of the molecule is CCCNCC1(OCCC2CCC2)CCC(CC)CC1. The van der Waals surface area contributed by atoms with Crippen LogP contribution < -0.4 is 5.32 Å². The summed E-state index contributed by atoms with van der Waals surface area (Å²) in [5.74, 6) is 1.92. The van der Waals surface area contributed by atoms with Gasteiger partial charge in [0.15, 0.2) is 0 Å². The van der Waals surface area contributed by atoms with Crippen LogP contribution in [0.3, 0.4) is 0 Å². The molecule has 0 heterocycles. The molecule has 118 valence electrons. The van der Waals surface area contributed by atoms with Gasteiger partial charge >= 0.3 is 0 Å². The van der Waals surface area contributed by atoms with Crippen LogP contribution in [0.15, 0.2) is 0 Å². The minimum atomic E-state index is 0.157. The van der Waals surface area contributed by atoms with Crippen molar-refractivity contribution in [2.24, 2.45) is 11.8 Å². The second-order valence-corrected chi connectivity index (χ2v) is 7.15. The summed E-state index contributed by atoms with van der Waals surface area (Å²) in [7, 11) is 0. The smallest absolute Gasteiger partial charge is 0.0806 e. The van der Waals surface area contributed by atoms with Gasteiger partial charge in [0.05, 0.1) is 5.60 Å². The van der Waals surface area contributed by atoms with Gasteiger partial charge in [0.2, 0.25) is 0 Å². The van der Waals surface area contributed by atoms with E-state index >= 15 is 0 Å². The zero-order valence-electron chi connectivity index (χ0n) is 13.8. The standard InChI is InChI=1S/C18H35NO/c1-3-13-19-15-18(11-8-16(4-2)9-12-18)20-14-10-17-6-5-7-17/h16-17,19H,3-15H2,1-2H3. The first-order valence-corrected chi connectivity index (χ1v) is 9.12. The van der Waals surface area contributed by atoms with Gasteiger partial charge in [0.1, 0.15) is 0 Å². The fraction of sp³-hybridized carbons (Fsp3) is 1.00. The largest absolute Gasteiger partial charge is 0.374 e. The molecule has 0 unspecified atom stereocenters. The maximum atomic E-state index is 6.45. The van der Waals surface area contributed by atoms with Gasteiger partial charge in [-0.2, -0.15) is 0 Å². The van der Waals surface area contributed by atoms with Crippen molar-refractivity contribution in [3.8, 4) is 0 Å². The van der Waals surface area contributed by atoms with Crippen molar-refractivity contribution in [1.82, 2.24) is 5.32 Å². The summed E-state index contributed by atoms with van der Waals surface area (Å²) in [6.07, 6.45) is 13.5. The van der Waals surface area contributed by atoms with Crippen LogP contribution in [0, 0.1) is 11.8 Å². The Balaban J connectivity index is 1.76. The van der Waals surface area contributed by atoms with Crippen LogP contribution in [0.25, 0.3) is 0 Å². The van der Waals surface area contributed by atoms with Gasteiger partial charge in [-0.25, -0.2) is 0 Å². The number of ether oxygens (including phenoxy) is 1. The van der Waals surface area contributed by atoms with Gasteiger partial charge < -0.3 is 10.1 Å². The Labute approximate surface area is 126 Å². The molecule has 2 saturated carbocycles. The Morgan fingerprint density at radius 2 is 1.80 bits per heavy atom. The summed E-state index contributed by atoms with van der Waals surface area (Å²) in [6.45, 7) is 7.78. The first kappa shape index (κ1) is 16.3. The normalized spacial score (nSPS) is 31.2. The summed E-state index contributed by atoms with van der Waals surface area (Å²) in [5.41, 5.74) is 0.157. The molecule has 0 bridgehead atoms. The van der Waals surface area contributed by atoms with Crippen molar-refractivity contribution >= 4 is 0 Å². The monoisotopic (exact) mass is 281 g/mol. The van der Waals surface area contributed by atoms with E-state index in [-0.39, 0.29) is 5.60 Å². The number of nitrogens with one attached hydrogen (secondary N) is 1. The van der Waals surface area contributed by atoms with Gasteiger partial charge in [-0.1, -0.05) is 39.5 Å². The summed E-state index contributed by atoms with van der Waals surface area (Å²) in [6, 6.07) is 0. The maximum absolute atomic E-state index is 6.45. The zero-order chi connectivity index (χ0) is 14.3. The molecule has 0 atom stereocenters. The molecule has 2 heteroatoms. The highest BCUT2D eigenvalue weighted by Gasteiger charge is 2.35. The van der Waals surface area contributed by atoms with E-state index in [1.165, 1.54) is 64.2 Å². The van der Waals surface area contributed by atoms with Crippen LogP contribution in [0.4, 0.5) is 0 Å².